The van der Waals surface area contributed by atoms with E-state index in [2.05, 4.69) is 56.3 Å². The molecule has 1 atom stereocenters. The van der Waals surface area contributed by atoms with Crippen LogP contribution in [0.5, 0.6) is 0 Å². The molecule has 1 aromatic rings. The zero-order chi connectivity index (χ0) is 10.2. The van der Waals surface area contributed by atoms with Gasteiger partial charge in [0.2, 0.25) is 0 Å². The molecule has 0 aliphatic heterocycles. The molecule has 0 fully saturated rings. The van der Waals surface area contributed by atoms with Gasteiger partial charge in [-0.15, -0.1) is 0 Å². The van der Waals surface area contributed by atoms with Gasteiger partial charge in [-0.3, -0.25) is 0 Å². The Kier molecular flexibility index (Phi) is 5.06. The van der Waals surface area contributed by atoms with Crippen molar-refractivity contribution in [2.24, 2.45) is 5.92 Å². The van der Waals surface area contributed by atoms with E-state index in [1.807, 2.05) is 0 Å². The molecule has 0 radical (unpaired) electrons. The van der Waals surface area contributed by atoms with Gasteiger partial charge in [-0.2, -0.15) is 0 Å². The first kappa shape index (κ1) is 11.0. The van der Waals surface area contributed by atoms with Crippen molar-refractivity contribution in [1.29, 1.82) is 0 Å². The van der Waals surface area contributed by atoms with Gasteiger partial charge in [0.05, 0.1) is 0 Å². The molecule has 0 amide bonds. The summed E-state index contributed by atoms with van der Waals surface area (Å²) in [4.78, 5) is 0. The number of hydrogen-bond donors (Lipinski definition) is 0. The van der Waals surface area contributed by atoms with Crippen molar-refractivity contribution in [2.45, 2.75) is 33.1 Å². The van der Waals surface area contributed by atoms with E-state index in [1.54, 1.807) is 0 Å². The zero-order valence-electron chi connectivity index (χ0n) is 9.24. The van der Waals surface area contributed by atoms with Crippen LogP contribution in [0.4, 0.5) is 0 Å². The average Bonchev–Trinajstić information content (AvgIpc) is 2.20. The molecule has 0 heterocycles. The molecule has 0 aliphatic rings. The molecule has 0 nitrogen and oxygen atoms in total. The summed E-state index contributed by atoms with van der Waals surface area (Å²) in [7, 11) is 0. The van der Waals surface area contributed by atoms with Gasteiger partial charge in [0.25, 0.3) is 0 Å². The first-order valence-electron chi connectivity index (χ1n) is 5.54. The Labute approximate surface area is 87.7 Å². The molecule has 14 heavy (non-hydrogen) atoms. The lowest BCUT2D eigenvalue weighted by molar-refractivity contribution is 0.533. The maximum atomic E-state index is 2.32. The third-order valence-electron chi connectivity index (χ3n) is 2.43. The Balaban J connectivity index is 2.34. The zero-order valence-corrected chi connectivity index (χ0v) is 9.24. The van der Waals surface area contributed by atoms with Crippen LogP contribution in [0.15, 0.2) is 36.4 Å². The van der Waals surface area contributed by atoms with Gasteiger partial charge in [0.1, 0.15) is 0 Å². The summed E-state index contributed by atoms with van der Waals surface area (Å²) in [5.41, 5.74) is 1.30. The van der Waals surface area contributed by atoms with E-state index in [9.17, 15) is 0 Å². The van der Waals surface area contributed by atoms with Crippen LogP contribution >= 0.6 is 0 Å². The number of hydrogen-bond acceptors (Lipinski definition) is 0. The highest BCUT2D eigenvalue weighted by Gasteiger charge is 1.95. The molecule has 1 unspecified atom stereocenters. The van der Waals surface area contributed by atoms with E-state index in [0.29, 0.717) is 0 Å². The second-order valence-corrected chi connectivity index (χ2v) is 3.94. The fourth-order valence-corrected chi connectivity index (χ4v) is 1.61. The fourth-order valence-electron chi connectivity index (χ4n) is 1.61. The molecule has 0 saturated heterocycles. The number of allylic oxidation sites excluding steroid dienone is 1. The summed E-state index contributed by atoms with van der Waals surface area (Å²) in [6.07, 6.45) is 8.32. The average molecular weight is 188 g/mol. The molecule has 1 rings (SSSR count). The fraction of sp³-hybridized carbons (Fsp3) is 0.429. The maximum absolute atomic E-state index is 2.32. The maximum Gasteiger partial charge on any atom is -0.0260 e. The normalized spacial score (nSPS) is 13.3. The lowest BCUT2D eigenvalue weighted by Crippen LogP contribution is -1.90. The molecule has 0 spiro atoms. The van der Waals surface area contributed by atoms with Gasteiger partial charge in [0.15, 0.2) is 0 Å². The Bertz CT molecular complexity index is 259. The monoisotopic (exact) mass is 188 g/mol. The predicted molar refractivity (Wildman–Crippen MR) is 64.2 cm³/mol. The highest BCUT2D eigenvalue weighted by Crippen LogP contribution is 2.11. The van der Waals surface area contributed by atoms with Crippen LogP contribution in [0.1, 0.15) is 38.7 Å². The summed E-state index contributed by atoms with van der Waals surface area (Å²) in [6.45, 7) is 4.57. The van der Waals surface area contributed by atoms with Gasteiger partial charge in [-0.05, 0) is 17.9 Å². The Morgan fingerprint density at radius 3 is 2.57 bits per heavy atom. The summed E-state index contributed by atoms with van der Waals surface area (Å²) >= 11 is 0. The van der Waals surface area contributed by atoms with Crippen molar-refractivity contribution in [1.82, 2.24) is 0 Å². The summed E-state index contributed by atoms with van der Waals surface area (Å²) in [5, 5.41) is 0. The lowest BCUT2D eigenvalue weighted by atomic mass is 10.0. The molecule has 0 N–H and O–H groups in total. The van der Waals surface area contributed by atoms with Crippen molar-refractivity contribution in [3.8, 4) is 0 Å². The summed E-state index contributed by atoms with van der Waals surface area (Å²) in [5.74, 6) is 0.819. The standard InChI is InChI=1S/C14H20/c1-3-8-13(2)9-7-12-14-10-5-4-6-11-14/h4-7,10-13H,3,8-9H2,1-2H3. The lowest BCUT2D eigenvalue weighted by Gasteiger charge is -2.04. The molecule has 1 aromatic carbocycles. The van der Waals surface area contributed by atoms with Crippen molar-refractivity contribution in [3.05, 3.63) is 42.0 Å². The molecular weight excluding hydrogens is 168 g/mol. The Morgan fingerprint density at radius 2 is 1.93 bits per heavy atom. The quantitative estimate of drug-likeness (QED) is 0.637. The van der Waals surface area contributed by atoms with E-state index < -0.39 is 0 Å². The first-order valence-corrected chi connectivity index (χ1v) is 5.54. The third kappa shape index (κ3) is 4.27. The first-order chi connectivity index (χ1) is 6.83. The molecule has 0 aromatic heterocycles. The van der Waals surface area contributed by atoms with Crippen LogP contribution in [0.25, 0.3) is 6.08 Å². The summed E-state index contributed by atoms with van der Waals surface area (Å²) in [6, 6.07) is 10.5. The highest BCUT2D eigenvalue weighted by molar-refractivity contribution is 5.48. The molecule has 0 saturated carbocycles. The molecule has 0 bridgehead atoms. The van der Waals surface area contributed by atoms with Crippen LogP contribution in [0, 0.1) is 5.92 Å². The number of rotatable bonds is 5. The summed E-state index contributed by atoms with van der Waals surface area (Å²) < 4.78 is 0. The third-order valence-corrected chi connectivity index (χ3v) is 2.43. The van der Waals surface area contributed by atoms with E-state index >= 15 is 0 Å². The van der Waals surface area contributed by atoms with E-state index in [0.717, 1.165) is 5.92 Å². The van der Waals surface area contributed by atoms with Crippen LogP contribution in [0.3, 0.4) is 0 Å². The number of benzene rings is 1. The molecule has 76 valence electrons. The second-order valence-electron chi connectivity index (χ2n) is 3.94. The minimum absolute atomic E-state index is 0.819. The van der Waals surface area contributed by atoms with Gasteiger partial charge >= 0.3 is 0 Å². The minimum atomic E-state index is 0.819. The van der Waals surface area contributed by atoms with Gasteiger partial charge in [-0.1, -0.05) is 69.2 Å². The molecular formula is C14H20. The minimum Gasteiger partial charge on any atom is -0.0837 e. The molecule has 0 heteroatoms. The largest absolute Gasteiger partial charge is 0.0837 e. The highest BCUT2D eigenvalue weighted by atomic mass is 14.0. The van der Waals surface area contributed by atoms with Gasteiger partial charge in [0, 0.05) is 0 Å². The SMILES string of the molecule is CCCC(C)CC=Cc1ccccc1. The van der Waals surface area contributed by atoms with E-state index in [4.69, 9.17) is 0 Å². The van der Waals surface area contributed by atoms with Gasteiger partial charge < -0.3 is 0 Å². The topological polar surface area (TPSA) is 0 Å². The predicted octanol–water partition coefficient (Wildman–Crippen LogP) is 4.53. The van der Waals surface area contributed by atoms with Gasteiger partial charge in [-0.25, -0.2) is 0 Å². The van der Waals surface area contributed by atoms with Crippen LogP contribution < -0.4 is 0 Å². The van der Waals surface area contributed by atoms with Crippen molar-refractivity contribution >= 4 is 6.08 Å². The van der Waals surface area contributed by atoms with E-state index in [-0.39, 0.29) is 0 Å². The molecule has 0 aliphatic carbocycles. The van der Waals surface area contributed by atoms with E-state index in [1.165, 1.54) is 24.8 Å². The van der Waals surface area contributed by atoms with Crippen molar-refractivity contribution < 1.29 is 0 Å². The Hall–Kier alpha value is -1.04. The van der Waals surface area contributed by atoms with Crippen molar-refractivity contribution in [3.63, 3.8) is 0 Å². The van der Waals surface area contributed by atoms with Crippen LogP contribution in [0.2, 0.25) is 0 Å². The van der Waals surface area contributed by atoms with Crippen molar-refractivity contribution in [2.75, 3.05) is 0 Å². The van der Waals surface area contributed by atoms with Crippen LogP contribution in [-0.2, 0) is 0 Å². The van der Waals surface area contributed by atoms with Crippen LogP contribution in [-0.4, -0.2) is 0 Å². The second kappa shape index (κ2) is 6.42. The smallest absolute Gasteiger partial charge is 0.0260 e. The Morgan fingerprint density at radius 1 is 1.21 bits per heavy atom.